The molecule has 6 heteroatoms. The molecule has 5 rings (SSSR count). The molecule has 6 nitrogen and oxygen atoms in total. The molecule has 2 aliphatic rings. The minimum absolute atomic E-state index is 0.0972. The van der Waals surface area contributed by atoms with Crippen LogP contribution in [0.25, 0.3) is 0 Å². The smallest absolute Gasteiger partial charge is 0.253 e. The fraction of sp³-hybridized carbons (Fsp3) is 0.323. The van der Waals surface area contributed by atoms with Crippen LogP contribution in [-0.2, 0) is 29.3 Å². The lowest BCUT2D eigenvalue weighted by molar-refractivity contribution is -0.275. The van der Waals surface area contributed by atoms with Gasteiger partial charge in [0.15, 0.2) is 12.5 Å². The van der Waals surface area contributed by atoms with Crippen molar-refractivity contribution in [1.29, 1.82) is 0 Å². The molecule has 2 aliphatic heterocycles. The number of amides is 1. The van der Waals surface area contributed by atoms with Gasteiger partial charge in [0, 0.05) is 0 Å². The van der Waals surface area contributed by atoms with Gasteiger partial charge in [0.25, 0.3) is 5.91 Å². The van der Waals surface area contributed by atoms with Crippen LogP contribution >= 0.6 is 0 Å². The van der Waals surface area contributed by atoms with Crippen molar-refractivity contribution in [3.8, 4) is 0 Å². The Bertz CT molecular complexity index is 1130. The second-order valence-corrected chi connectivity index (χ2v) is 9.61. The molecule has 0 bridgehead atoms. The van der Waals surface area contributed by atoms with Gasteiger partial charge < -0.3 is 24.3 Å². The molecule has 0 aliphatic carbocycles. The van der Waals surface area contributed by atoms with Gasteiger partial charge in [-0.1, -0.05) is 96.6 Å². The molecule has 3 aromatic carbocycles. The third-order valence-corrected chi connectivity index (χ3v) is 6.90. The number of benzene rings is 3. The summed E-state index contributed by atoms with van der Waals surface area (Å²) in [7, 11) is 0. The first-order valence-electron chi connectivity index (χ1n) is 12.7. The van der Waals surface area contributed by atoms with E-state index in [1.54, 1.807) is 0 Å². The van der Waals surface area contributed by atoms with Crippen molar-refractivity contribution < 1.29 is 23.7 Å². The zero-order valence-corrected chi connectivity index (χ0v) is 21.4. The molecule has 1 N–H and O–H groups in total. The predicted octanol–water partition coefficient (Wildman–Crippen LogP) is 4.93. The maximum atomic E-state index is 12.0. The third kappa shape index (κ3) is 5.11. The first kappa shape index (κ1) is 25.4. The van der Waals surface area contributed by atoms with Crippen molar-refractivity contribution in [3.05, 3.63) is 119 Å². The number of carbonyl (C=O) groups excluding carboxylic acids is 1. The molecule has 192 valence electrons. The molecule has 0 aromatic heterocycles. The summed E-state index contributed by atoms with van der Waals surface area (Å²) in [4.78, 5) is 12.0. The molecule has 2 saturated heterocycles. The van der Waals surface area contributed by atoms with Crippen LogP contribution in [0.3, 0.4) is 0 Å². The highest BCUT2D eigenvalue weighted by atomic mass is 16.7. The number of carbonyl (C=O) groups is 1. The molecule has 1 amide bonds. The van der Waals surface area contributed by atoms with Crippen LogP contribution in [0.2, 0.25) is 0 Å². The molecule has 37 heavy (non-hydrogen) atoms. The SMILES string of the molecule is CC(C)=C1C(=O)N[C@@H]1O[C@@H]1CO[C@H](C)O[C@@H]1COC(c1ccccc1)(c1ccccc1)c1ccccc1. The minimum Gasteiger partial charge on any atom is -0.358 e. The summed E-state index contributed by atoms with van der Waals surface area (Å²) in [5.41, 5.74) is 3.78. The summed E-state index contributed by atoms with van der Waals surface area (Å²) in [6.07, 6.45) is -1.70. The standard InChI is InChI=1S/C31H33NO5/c1-21(2)28-29(33)32-30(28)37-26-19-34-22(3)36-27(26)20-35-31(23-13-7-4-8-14-23,24-15-9-5-10-16-24)25-17-11-6-12-18-25/h4-18,22,26-27,30H,19-20H2,1-3H3,(H,32,33)/t22-,26+,27+,30+/m0/s1. The van der Waals surface area contributed by atoms with Crippen LogP contribution in [-0.4, -0.2) is 43.8 Å². The molecular formula is C31H33NO5. The number of rotatable bonds is 8. The van der Waals surface area contributed by atoms with Crippen molar-refractivity contribution in [2.24, 2.45) is 0 Å². The topological polar surface area (TPSA) is 66.0 Å². The number of allylic oxidation sites excluding steroid dienone is 1. The van der Waals surface area contributed by atoms with Crippen molar-refractivity contribution in [2.45, 2.75) is 51.1 Å². The molecule has 3 aromatic rings. The van der Waals surface area contributed by atoms with Gasteiger partial charge in [-0.15, -0.1) is 0 Å². The Morgan fingerprint density at radius 3 is 1.86 bits per heavy atom. The van der Waals surface area contributed by atoms with E-state index < -0.39 is 30.3 Å². The maximum absolute atomic E-state index is 12.0. The Morgan fingerprint density at radius 2 is 1.41 bits per heavy atom. The number of ether oxygens (including phenoxy) is 4. The Kier molecular flexibility index (Phi) is 7.53. The van der Waals surface area contributed by atoms with E-state index in [0.29, 0.717) is 12.2 Å². The average molecular weight is 500 g/mol. The molecule has 0 radical (unpaired) electrons. The highest BCUT2D eigenvalue weighted by Gasteiger charge is 2.43. The second-order valence-electron chi connectivity index (χ2n) is 9.61. The fourth-order valence-electron chi connectivity index (χ4n) is 5.04. The Morgan fingerprint density at radius 1 is 0.892 bits per heavy atom. The van der Waals surface area contributed by atoms with Crippen molar-refractivity contribution in [2.75, 3.05) is 13.2 Å². The lowest BCUT2D eigenvalue weighted by Gasteiger charge is -2.42. The number of hydrogen-bond donors (Lipinski definition) is 1. The van der Waals surface area contributed by atoms with Gasteiger partial charge >= 0.3 is 0 Å². The molecule has 2 fully saturated rings. The van der Waals surface area contributed by atoms with E-state index in [0.717, 1.165) is 22.3 Å². The number of β-lactam (4-membered cyclic amide) rings is 1. The van der Waals surface area contributed by atoms with Gasteiger partial charge in [-0.05, 0) is 37.5 Å². The van der Waals surface area contributed by atoms with Gasteiger partial charge in [-0.3, -0.25) is 4.79 Å². The van der Waals surface area contributed by atoms with Crippen molar-refractivity contribution in [3.63, 3.8) is 0 Å². The lowest BCUT2D eigenvalue weighted by atomic mass is 9.80. The predicted molar refractivity (Wildman–Crippen MR) is 141 cm³/mol. The Balaban J connectivity index is 1.49. The van der Waals surface area contributed by atoms with Crippen LogP contribution in [0.1, 0.15) is 37.5 Å². The summed E-state index contributed by atoms with van der Waals surface area (Å²) < 4.78 is 25.2. The number of hydrogen-bond acceptors (Lipinski definition) is 5. The number of nitrogens with one attached hydrogen (secondary N) is 1. The summed E-state index contributed by atoms with van der Waals surface area (Å²) >= 11 is 0. The van der Waals surface area contributed by atoms with Gasteiger partial charge in [0.05, 0.1) is 18.8 Å². The first-order valence-corrected chi connectivity index (χ1v) is 12.7. The van der Waals surface area contributed by atoms with E-state index in [1.807, 2.05) is 75.4 Å². The van der Waals surface area contributed by atoms with E-state index in [-0.39, 0.29) is 12.5 Å². The van der Waals surface area contributed by atoms with Crippen LogP contribution in [0.15, 0.2) is 102 Å². The van der Waals surface area contributed by atoms with Crippen LogP contribution in [0, 0.1) is 0 Å². The Hall–Kier alpha value is -3.29. The monoisotopic (exact) mass is 499 g/mol. The lowest BCUT2D eigenvalue weighted by Crippen LogP contribution is -2.58. The van der Waals surface area contributed by atoms with Crippen LogP contribution in [0.5, 0.6) is 0 Å². The van der Waals surface area contributed by atoms with Crippen LogP contribution in [0.4, 0.5) is 0 Å². The molecule has 0 unspecified atom stereocenters. The fourth-order valence-corrected chi connectivity index (χ4v) is 5.04. The summed E-state index contributed by atoms with van der Waals surface area (Å²) in [6.45, 7) is 6.28. The largest absolute Gasteiger partial charge is 0.358 e. The normalized spacial score (nSPS) is 23.8. The molecule has 2 heterocycles. The zero-order chi connectivity index (χ0) is 25.8. The highest BCUT2D eigenvalue weighted by Crippen LogP contribution is 2.41. The van der Waals surface area contributed by atoms with Gasteiger partial charge in [-0.25, -0.2) is 0 Å². The quantitative estimate of drug-likeness (QED) is 0.270. The van der Waals surface area contributed by atoms with Gasteiger partial charge in [0.2, 0.25) is 0 Å². The van der Waals surface area contributed by atoms with E-state index in [9.17, 15) is 4.79 Å². The summed E-state index contributed by atoms with van der Waals surface area (Å²) in [6, 6.07) is 30.7. The third-order valence-electron chi connectivity index (χ3n) is 6.90. The highest BCUT2D eigenvalue weighted by molar-refractivity contribution is 6.01. The van der Waals surface area contributed by atoms with Crippen molar-refractivity contribution in [1.82, 2.24) is 5.32 Å². The minimum atomic E-state index is -0.866. The van der Waals surface area contributed by atoms with Gasteiger partial charge in [0.1, 0.15) is 17.8 Å². The Labute approximate surface area is 218 Å². The van der Waals surface area contributed by atoms with Crippen molar-refractivity contribution >= 4 is 5.91 Å². The molecular weight excluding hydrogens is 466 g/mol. The maximum Gasteiger partial charge on any atom is 0.253 e. The average Bonchev–Trinajstić information content (AvgIpc) is 2.91. The van der Waals surface area contributed by atoms with Gasteiger partial charge in [-0.2, -0.15) is 0 Å². The zero-order valence-electron chi connectivity index (χ0n) is 21.4. The molecule has 4 atom stereocenters. The molecule has 0 saturated carbocycles. The summed E-state index contributed by atoms with van der Waals surface area (Å²) in [5, 5.41) is 2.83. The first-order chi connectivity index (χ1) is 18.0. The second kappa shape index (κ2) is 11.0. The van der Waals surface area contributed by atoms with Crippen LogP contribution < -0.4 is 5.32 Å². The van der Waals surface area contributed by atoms with E-state index in [1.165, 1.54) is 0 Å². The van der Waals surface area contributed by atoms with E-state index in [4.69, 9.17) is 18.9 Å². The van der Waals surface area contributed by atoms with E-state index in [2.05, 4.69) is 41.7 Å². The molecule has 0 spiro atoms. The summed E-state index contributed by atoms with van der Waals surface area (Å²) in [5.74, 6) is -0.0972. The van der Waals surface area contributed by atoms with E-state index >= 15 is 0 Å².